The first kappa shape index (κ1) is 19.1. The Kier molecular flexibility index (Phi) is 6.98. The first-order chi connectivity index (χ1) is 11.5. The lowest BCUT2D eigenvalue weighted by atomic mass is 10.1. The van der Waals surface area contributed by atoms with E-state index in [0.717, 1.165) is 28.6 Å². The third kappa shape index (κ3) is 4.89. The van der Waals surface area contributed by atoms with Gasteiger partial charge in [-0.3, -0.25) is 0 Å². The predicted octanol–water partition coefficient (Wildman–Crippen LogP) is 2.87. The molecule has 1 aromatic carbocycles. The predicted molar refractivity (Wildman–Crippen MR) is 101 cm³/mol. The third-order valence-electron chi connectivity index (χ3n) is 4.15. The highest BCUT2D eigenvalue weighted by Gasteiger charge is 2.22. The van der Waals surface area contributed by atoms with Crippen LogP contribution in [0.4, 0.5) is 0 Å². The van der Waals surface area contributed by atoms with Gasteiger partial charge in [0.1, 0.15) is 18.5 Å². The Morgan fingerprint density at radius 2 is 2.17 bits per heavy atom. The summed E-state index contributed by atoms with van der Waals surface area (Å²) in [5.74, 6) is 1.71. The number of thioether (sulfide) groups is 1. The van der Waals surface area contributed by atoms with E-state index in [4.69, 9.17) is 4.74 Å². The van der Waals surface area contributed by atoms with Crippen LogP contribution in [0, 0.1) is 0 Å². The van der Waals surface area contributed by atoms with E-state index in [2.05, 4.69) is 31.1 Å². The zero-order valence-electron chi connectivity index (χ0n) is 14.6. The summed E-state index contributed by atoms with van der Waals surface area (Å²) in [5.41, 5.74) is 1.70. The molecular weight excluding hydrogens is 324 g/mol. The molecule has 6 heteroatoms. The van der Waals surface area contributed by atoms with Crippen molar-refractivity contribution >= 4 is 22.7 Å². The van der Waals surface area contributed by atoms with Crippen LogP contribution in [0.2, 0.25) is 0 Å². The number of benzene rings is 1. The number of aromatic nitrogens is 1. The molecule has 0 amide bonds. The monoisotopic (exact) mass is 352 g/mol. The van der Waals surface area contributed by atoms with Gasteiger partial charge >= 0.3 is 0 Å². The molecule has 0 spiro atoms. The quantitative estimate of drug-likeness (QED) is 0.495. The Morgan fingerprint density at radius 1 is 1.38 bits per heavy atom. The van der Waals surface area contributed by atoms with Gasteiger partial charge in [-0.15, -0.1) is 11.8 Å². The zero-order valence-corrected chi connectivity index (χ0v) is 15.4. The second kappa shape index (κ2) is 8.76. The van der Waals surface area contributed by atoms with Crippen LogP contribution in [0.1, 0.15) is 32.8 Å². The Balaban J connectivity index is 1.94. The standard InChI is InChI=1S/C18H28N2O3S/c1-4-18(3,24-5-2)20-10-14(22)12-23-17-9-13(11-21)8-16-15(17)6-7-19-16/h6-9,14,19-22H,4-5,10-12H2,1-3H3. The van der Waals surface area contributed by atoms with Crippen LogP contribution < -0.4 is 10.1 Å². The van der Waals surface area contributed by atoms with E-state index < -0.39 is 6.10 Å². The molecule has 2 atom stereocenters. The lowest BCUT2D eigenvalue weighted by Gasteiger charge is -2.30. The zero-order chi connectivity index (χ0) is 17.6. The average molecular weight is 353 g/mol. The van der Waals surface area contributed by atoms with Crippen molar-refractivity contribution in [2.24, 2.45) is 0 Å². The molecule has 1 aromatic heterocycles. The molecule has 2 aromatic rings. The molecule has 0 saturated carbocycles. The minimum absolute atomic E-state index is 0.0273. The van der Waals surface area contributed by atoms with Crippen LogP contribution in [0.5, 0.6) is 5.75 Å². The SMILES string of the molecule is CCSC(C)(CC)NCC(O)COc1cc(CO)cc2[nH]ccc12. The second-order valence-electron chi connectivity index (χ2n) is 6.05. The van der Waals surface area contributed by atoms with Crippen molar-refractivity contribution in [3.8, 4) is 5.75 Å². The van der Waals surface area contributed by atoms with Crippen molar-refractivity contribution in [1.82, 2.24) is 10.3 Å². The first-order valence-corrected chi connectivity index (χ1v) is 9.40. The van der Waals surface area contributed by atoms with Crippen molar-refractivity contribution in [1.29, 1.82) is 0 Å². The summed E-state index contributed by atoms with van der Waals surface area (Å²) in [6.45, 7) is 7.07. The summed E-state index contributed by atoms with van der Waals surface area (Å²) in [6, 6.07) is 5.65. The Bertz CT molecular complexity index is 646. The molecule has 0 aliphatic carbocycles. The van der Waals surface area contributed by atoms with Gasteiger partial charge in [0.2, 0.25) is 0 Å². The molecule has 4 N–H and O–H groups in total. The molecule has 0 aliphatic heterocycles. The number of fused-ring (bicyclic) bond motifs is 1. The van der Waals surface area contributed by atoms with Crippen LogP contribution in [-0.2, 0) is 6.61 Å². The van der Waals surface area contributed by atoms with Crippen molar-refractivity contribution in [3.63, 3.8) is 0 Å². The summed E-state index contributed by atoms with van der Waals surface area (Å²) in [4.78, 5) is 3.09. The normalized spacial score (nSPS) is 15.4. The van der Waals surface area contributed by atoms with Gasteiger partial charge in [-0.25, -0.2) is 0 Å². The molecule has 0 bridgehead atoms. The van der Waals surface area contributed by atoms with E-state index in [1.165, 1.54) is 0 Å². The number of H-pyrrole nitrogens is 1. The maximum absolute atomic E-state index is 10.2. The topological polar surface area (TPSA) is 77.5 Å². The maximum Gasteiger partial charge on any atom is 0.129 e. The van der Waals surface area contributed by atoms with Gasteiger partial charge in [0.25, 0.3) is 0 Å². The lowest BCUT2D eigenvalue weighted by molar-refractivity contribution is 0.103. The number of nitrogens with one attached hydrogen (secondary N) is 2. The molecule has 0 fully saturated rings. The highest BCUT2D eigenvalue weighted by atomic mass is 32.2. The number of rotatable bonds is 10. The Morgan fingerprint density at radius 3 is 2.83 bits per heavy atom. The van der Waals surface area contributed by atoms with E-state index in [-0.39, 0.29) is 18.1 Å². The first-order valence-electron chi connectivity index (χ1n) is 8.42. The summed E-state index contributed by atoms with van der Waals surface area (Å²) >= 11 is 1.85. The molecule has 5 nitrogen and oxygen atoms in total. The van der Waals surface area contributed by atoms with Crippen molar-refractivity contribution < 1.29 is 14.9 Å². The van der Waals surface area contributed by atoms with Gasteiger partial charge in [-0.05, 0) is 42.9 Å². The molecule has 134 valence electrons. The molecule has 0 saturated heterocycles. The van der Waals surface area contributed by atoms with Gasteiger partial charge in [-0.2, -0.15) is 0 Å². The minimum Gasteiger partial charge on any atom is -0.490 e. The number of aliphatic hydroxyl groups excluding tert-OH is 2. The smallest absolute Gasteiger partial charge is 0.129 e. The number of aliphatic hydroxyl groups is 2. The number of ether oxygens (including phenoxy) is 1. The van der Waals surface area contributed by atoms with E-state index in [0.29, 0.717) is 12.3 Å². The Labute approximate surface area is 147 Å². The molecule has 0 aliphatic rings. The maximum atomic E-state index is 10.2. The molecule has 24 heavy (non-hydrogen) atoms. The van der Waals surface area contributed by atoms with Gasteiger partial charge in [-0.1, -0.05) is 13.8 Å². The average Bonchev–Trinajstić information content (AvgIpc) is 3.06. The summed E-state index contributed by atoms with van der Waals surface area (Å²) in [7, 11) is 0. The fourth-order valence-corrected chi connectivity index (χ4v) is 3.60. The van der Waals surface area contributed by atoms with Gasteiger partial charge in [0.05, 0.1) is 11.5 Å². The third-order valence-corrected chi connectivity index (χ3v) is 5.51. The molecule has 1 heterocycles. The molecule has 2 unspecified atom stereocenters. The van der Waals surface area contributed by atoms with Crippen LogP contribution in [0.3, 0.4) is 0 Å². The fraction of sp³-hybridized carbons (Fsp3) is 0.556. The van der Waals surface area contributed by atoms with Crippen molar-refractivity contribution in [2.45, 2.75) is 44.8 Å². The van der Waals surface area contributed by atoms with Crippen LogP contribution in [0.25, 0.3) is 10.9 Å². The summed E-state index contributed by atoms with van der Waals surface area (Å²) in [5, 5.41) is 24.0. The van der Waals surface area contributed by atoms with Gasteiger partial charge in [0, 0.05) is 23.6 Å². The highest BCUT2D eigenvalue weighted by molar-refractivity contribution is 8.00. The van der Waals surface area contributed by atoms with E-state index >= 15 is 0 Å². The number of hydrogen-bond acceptors (Lipinski definition) is 5. The summed E-state index contributed by atoms with van der Waals surface area (Å²) in [6.07, 6.45) is 2.23. The van der Waals surface area contributed by atoms with Crippen LogP contribution >= 0.6 is 11.8 Å². The Hall–Kier alpha value is -1.21. The van der Waals surface area contributed by atoms with Gasteiger partial charge < -0.3 is 25.3 Å². The van der Waals surface area contributed by atoms with Gasteiger partial charge in [0.15, 0.2) is 0 Å². The molecule has 0 radical (unpaired) electrons. The van der Waals surface area contributed by atoms with Crippen LogP contribution in [0.15, 0.2) is 24.4 Å². The van der Waals surface area contributed by atoms with Crippen LogP contribution in [-0.4, -0.2) is 45.1 Å². The molecule has 2 rings (SSSR count). The lowest BCUT2D eigenvalue weighted by Crippen LogP contribution is -2.44. The fourth-order valence-electron chi connectivity index (χ4n) is 2.58. The summed E-state index contributed by atoms with van der Waals surface area (Å²) < 4.78 is 5.81. The highest BCUT2D eigenvalue weighted by Crippen LogP contribution is 2.27. The van der Waals surface area contributed by atoms with E-state index in [1.54, 1.807) is 0 Å². The number of aromatic amines is 1. The van der Waals surface area contributed by atoms with Crippen molar-refractivity contribution in [3.05, 3.63) is 30.0 Å². The number of hydrogen-bond donors (Lipinski definition) is 4. The van der Waals surface area contributed by atoms with Crippen molar-refractivity contribution in [2.75, 3.05) is 18.9 Å². The molecular formula is C18H28N2O3S. The van der Waals surface area contributed by atoms with E-state index in [1.807, 2.05) is 36.2 Å². The second-order valence-corrected chi connectivity index (χ2v) is 7.82. The largest absolute Gasteiger partial charge is 0.490 e. The van der Waals surface area contributed by atoms with E-state index in [9.17, 15) is 10.2 Å². The minimum atomic E-state index is -0.597.